The van der Waals surface area contributed by atoms with Crippen LogP contribution in [0.2, 0.25) is 5.02 Å². The quantitative estimate of drug-likeness (QED) is 0.681. The van der Waals surface area contributed by atoms with Crippen LogP contribution in [0.15, 0.2) is 30.4 Å². The Morgan fingerprint density at radius 1 is 1.13 bits per heavy atom. The molecular formula is C11H8ClNO2. The lowest BCUT2D eigenvalue weighted by Gasteiger charge is -2.16. The van der Waals surface area contributed by atoms with E-state index in [1.54, 1.807) is 12.1 Å². The minimum atomic E-state index is -0.354. The number of aryl methyl sites for hydroxylation is 1. The van der Waals surface area contributed by atoms with Gasteiger partial charge in [-0.25, -0.2) is 4.90 Å². The maximum absolute atomic E-state index is 11.4. The number of amides is 2. The molecule has 1 heterocycles. The van der Waals surface area contributed by atoms with Crippen LogP contribution >= 0.6 is 11.6 Å². The molecule has 0 unspecified atom stereocenters. The van der Waals surface area contributed by atoms with Crippen molar-refractivity contribution in [1.82, 2.24) is 0 Å². The highest BCUT2D eigenvalue weighted by atomic mass is 35.5. The number of imide groups is 1. The third kappa shape index (κ3) is 1.55. The number of benzene rings is 1. The van der Waals surface area contributed by atoms with Crippen LogP contribution in [-0.2, 0) is 9.59 Å². The third-order valence-electron chi connectivity index (χ3n) is 2.22. The van der Waals surface area contributed by atoms with E-state index in [2.05, 4.69) is 0 Å². The Kier molecular flexibility index (Phi) is 2.32. The van der Waals surface area contributed by atoms with E-state index in [1.165, 1.54) is 12.2 Å². The standard InChI is InChI=1S/C11H8ClNO2/c1-7-3-2-4-8(11(7)12)13-9(14)5-6-10(13)15/h2-6H,1H3. The fraction of sp³-hybridized carbons (Fsp3) is 0.0909. The van der Waals surface area contributed by atoms with Crippen molar-refractivity contribution in [3.05, 3.63) is 40.9 Å². The SMILES string of the molecule is Cc1cccc(N2C(=O)C=CC2=O)c1Cl. The second-order valence-electron chi connectivity index (χ2n) is 3.25. The summed E-state index contributed by atoms with van der Waals surface area (Å²) >= 11 is 6.03. The monoisotopic (exact) mass is 221 g/mol. The van der Waals surface area contributed by atoms with Crippen LogP contribution in [0.25, 0.3) is 0 Å². The Hall–Kier alpha value is -1.61. The first-order valence-electron chi connectivity index (χ1n) is 4.42. The number of carbonyl (C=O) groups excluding carboxylic acids is 2. The van der Waals surface area contributed by atoms with Gasteiger partial charge in [0.15, 0.2) is 0 Å². The molecule has 0 fully saturated rings. The Morgan fingerprint density at radius 3 is 2.33 bits per heavy atom. The largest absolute Gasteiger partial charge is 0.269 e. The van der Waals surface area contributed by atoms with Gasteiger partial charge in [-0.05, 0) is 18.6 Å². The molecule has 4 heteroatoms. The number of halogens is 1. The molecule has 0 saturated carbocycles. The molecule has 1 aliphatic rings. The normalized spacial score (nSPS) is 15.2. The van der Waals surface area contributed by atoms with E-state index in [-0.39, 0.29) is 11.8 Å². The van der Waals surface area contributed by atoms with Crippen molar-refractivity contribution >= 4 is 29.1 Å². The summed E-state index contributed by atoms with van der Waals surface area (Å²) in [5.41, 5.74) is 1.28. The van der Waals surface area contributed by atoms with Gasteiger partial charge in [0.2, 0.25) is 0 Å². The van der Waals surface area contributed by atoms with E-state index < -0.39 is 0 Å². The van der Waals surface area contributed by atoms with E-state index >= 15 is 0 Å². The smallest absolute Gasteiger partial charge is 0.258 e. The lowest BCUT2D eigenvalue weighted by molar-refractivity contribution is -0.119. The summed E-state index contributed by atoms with van der Waals surface area (Å²) in [4.78, 5) is 23.9. The van der Waals surface area contributed by atoms with Crippen molar-refractivity contribution in [1.29, 1.82) is 0 Å². The summed E-state index contributed by atoms with van der Waals surface area (Å²) in [6.45, 7) is 1.82. The van der Waals surface area contributed by atoms with Crippen LogP contribution < -0.4 is 4.90 Å². The predicted molar refractivity (Wildman–Crippen MR) is 57.8 cm³/mol. The molecule has 2 amide bonds. The van der Waals surface area contributed by atoms with Gasteiger partial charge in [-0.3, -0.25) is 9.59 Å². The maximum Gasteiger partial charge on any atom is 0.258 e. The lowest BCUT2D eigenvalue weighted by atomic mass is 10.2. The molecule has 1 aromatic rings. The molecule has 1 aliphatic heterocycles. The fourth-order valence-electron chi connectivity index (χ4n) is 1.44. The molecule has 3 nitrogen and oxygen atoms in total. The van der Waals surface area contributed by atoms with Crippen molar-refractivity contribution in [3.63, 3.8) is 0 Å². The minimum Gasteiger partial charge on any atom is -0.269 e. The van der Waals surface area contributed by atoms with Crippen molar-refractivity contribution in [2.24, 2.45) is 0 Å². The average Bonchev–Trinajstić information content (AvgIpc) is 2.52. The zero-order chi connectivity index (χ0) is 11.0. The molecule has 0 N–H and O–H groups in total. The van der Waals surface area contributed by atoms with Gasteiger partial charge < -0.3 is 0 Å². The first kappa shape index (κ1) is 9.93. The molecule has 1 aromatic carbocycles. The zero-order valence-corrected chi connectivity index (χ0v) is 8.78. The van der Waals surface area contributed by atoms with Gasteiger partial charge in [-0.2, -0.15) is 0 Å². The van der Waals surface area contributed by atoms with Crippen LogP contribution in [0.1, 0.15) is 5.56 Å². The number of hydrogen-bond acceptors (Lipinski definition) is 2. The summed E-state index contributed by atoms with van der Waals surface area (Å²) in [5.74, 6) is -0.708. The van der Waals surface area contributed by atoms with Gasteiger partial charge in [-0.1, -0.05) is 23.7 Å². The Labute approximate surface area is 91.9 Å². The summed E-state index contributed by atoms with van der Waals surface area (Å²) in [6.07, 6.45) is 2.47. The first-order chi connectivity index (χ1) is 7.11. The van der Waals surface area contributed by atoms with Gasteiger partial charge in [0.1, 0.15) is 0 Å². The van der Waals surface area contributed by atoms with E-state index in [9.17, 15) is 9.59 Å². The van der Waals surface area contributed by atoms with Crippen LogP contribution in [0, 0.1) is 6.92 Å². The second-order valence-corrected chi connectivity index (χ2v) is 3.63. The van der Waals surface area contributed by atoms with Crippen LogP contribution in [0.4, 0.5) is 5.69 Å². The summed E-state index contributed by atoms with van der Waals surface area (Å²) < 4.78 is 0. The highest BCUT2D eigenvalue weighted by Crippen LogP contribution is 2.30. The predicted octanol–water partition coefficient (Wildman–Crippen LogP) is 2.08. The number of hydrogen-bond donors (Lipinski definition) is 0. The highest BCUT2D eigenvalue weighted by molar-refractivity contribution is 6.37. The molecule has 0 bridgehead atoms. The molecule has 0 atom stereocenters. The van der Waals surface area contributed by atoms with Gasteiger partial charge in [-0.15, -0.1) is 0 Å². The zero-order valence-electron chi connectivity index (χ0n) is 8.03. The summed E-state index contributed by atoms with van der Waals surface area (Å²) in [7, 11) is 0. The number of rotatable bonds is 1. The van der Waals surface area contributed by atoms with Gasteiger partial charge in [0, 0.05) is 12.2 Å². The fourth-order valence-corrected chi connectivity index (χ4v) is 1.65. The molecule has 0 saturated heterocycles. The lowest BCUT2D eigenvalue weighted by Crippen LogP contribution is -2.29. The topological polar surface area (TPSA) is 37.4 Å². The summed E-state index contributed by atoms with van der Waals surface area (Å²) in [6, 6.07) is 5.23. The van der Waals surface area contributed by atoms with Crippen molar-refractivity contribution in [2.75, 3.05) is 4.90 Å². The Bertz CT molecular complexity index is 461. The Morgan fingerprint density at radius 2 is 1.73 bits per heavy atom. The molecule has 0 radical (unpaired) electrons. The van der Waals surface area contributed by atoms with E-state index in [1.807, 2.05) is 13.0 Å². The van der Waals surface area contributed by atoms with E-state index in [4.69, 9.17) is 11.6 Å². The van der Waals surface area contributed by atoms with Gasteiger partial charge >= 0.3 is 0 Å². The Balaban J connectivity index is 2.51. The first-order valence-corrected chi connectivity index (χ1v) is 4.80. The second kappa shape index (κ2) is 3.51. The number of anilines is 1. The van der Waals surface area contributed by atoms with Crippen LogP contribution in [-0.4, -0.2) is 11.8 Å². The van der Waals surface area contributed by atoms with E-state index in [0.29, 0.717) is 10.7 Å². The average molecular weight is 222 g/mol. The molecule has 0 aliphatic carbocycles. The minimum absolute atomic E-state index is 0.354. The van der Waals surface area contributed by atoms with Crippen LogP contribution in [0.3, 0.4) is 0 Å². The van der Waals surface area contributed by atoms with Crippen molar-refractivity contribution in [3.8, 4) is 0 Å². The molecule has 76 valence electrons. The van der Waals surface area contributed by atoms with Gasteiger partial charge in [0.05, 0.1) is 10.7 Å². The molecule has 15 heavy (non-hydrogen) atoms. The van der Waals surface area contributed by atoms with Crippen molar-refractivity contribution in [2.45, 2.75) is 6.92 Å². The van der Waals surface area contributed by atoms with Crippen LogP contribution in [0.5, 0.6) is 0 Å². The number of nitrogens with zero attached hydrogens (tertiary/aromatic N) is 1. The summed E-state index contributed by atoms with van der Waals surface area (Å²) in [5, 5.41) is 0.433. The number of carbonyl (C=O) groups is 2. The molecule has 0 aromatic heterocycles. The maximum atomic E-state index is 11.4. The third-order valence-corrected chi connectivity index (χ3v) is 2.71. The molecular weight excluding hydrogens is 214 g/mol. The highest BCUT2D eigenvalue weighted by Gasteiger charge is 2.26. The van der Waals surface area contributed by atoms with Gasteiger partial charge in [0.25, 0.3) is 11.8 Å². The molecule has 0 spiro atoms. The molecule has 2 rings (SSSR count). The van der Waals surface area contributed by atoms with E-state index in [0.717, 1.165) is 10.5 Å². The van der Waals surface area contributed by atoms with Crippen molar-refractivity contribution < 1.29 is 9.59 Å².